The van der Waals surface area contributed by atoms with Crippen LogP contribution in [0.1, 0.15) is 28.9 Å². The lowest BCUT2D eigenvalue weighted by Crippen LogP contribution is -2.29. The average molecular weight is 372 g/mol. The summed E-state index contributed by atoms with van der Waals surface area (Å²) >= 11 is 0. The van der Waals surface area contributed by atoms with Crippen molar-refractivity contribution in [3.8, 4) is 5.75 Å². The van der Waals surface area contributed by atoms with Crippen molar-refractivity contribution >= 4 is 17.6 Å². The van der Waals surface area contributed by atoms with Crippen LogP contribution in [0, 0.1) is 10.1 Å². The van der Waals surface area contributed by atoms with E-state index < -0.39 is 10.9 Å². The maximum Gasteiger partial charge on any atom is 0.343 e. The molecular weight excluding hydrogens is 352 g/mol. The van der Waals surface area contributed by atoms with E-state index in [9.17, 15) is 19.7 Å². The molecule has 2 rings (SSSR count). The molecule has 0 N–H and O–H groups in total. The van der Waals surface area contributed by atoms with E-state index in [1.54, 1.807) is 44.3 Å². The summed E-state index contributed by atoms with van der Waals surface area (Å²) in [6.07, 6.45) is 0. The van der Waals surface area contributed by atoms with Crippen molar-refractivity contribution < 1.29 is 24.0 Å². The number of ether oxygens (including phenoxy) is 2. The van der Waals surface area contributed by atoms with Crippen LogP contribution >= 0.6 is 0 Å². The Bertz CT molecular complexity index is 852. The molecule has 0 aliphatic carbocycles. The van der Waals surface area contributed by atoms with Crippen LogP contribution in [0.15, 0.2) is 48.5 Å². The number of amides is 1. The fourth-order valence-electron chi connectivity index (χ4n) is 2.42. The Morgan fingerprint density at radius 1 is 1.19 bits per heavy atom. The van der Waals surface area contributed by atoms with Gasteiger partial charge < -0.3 is 14.4 Å². The van der Waals surface area contributed by atoms with E-state index in [0.29, 0.717) is 16.9 Å². The molecule has 0 aromatic heterocycles. The summed E-state index contributed by atoms with van der Waals surface area (Å²) in [5.41, 5.74) is 0.994. The second kappa shape index (κ2) is 8.79. The van der Waals surface area contributed by atoms with Gasteiger partial charge in [0.25, 0.3) is 11.6 Å². The van der Waals surface area contributed by atoms with Crippen LogP contribution in [0.5, 0.6) is 5.75 Å². The van der Waals surface area contributed by atoms with E-state index >= 15 is 0 Å². The minimum atomic E-state index is -0.525. The number of carbonyl (C=O) groups excluding carboxylic acids is 2. The first-order chi connectivity index (χ1) is 12.8. The predicted molar refractivity (Wildman–Crippen MR) is 97.6 cm³/mol. The largest absolute Gasteiger partial charge is 0.482 e. The molecule has 0 aliphatic rings. The lowest BCUT2D eigenvalue weighted by atomic mass is 10.1. The molecule has 2 aromatic rings. The Morgan fingerprint density at radius 2 is 1.89 bits per heavy atom. The van der Waals surface area contributed by atoms with Gasteiger partial charge >= 0.3 is 5.97 Å². The third kappa shape index (κ3) is 5.04. The normalized spacial score (nSPS) is 11.4. The van der Waals surface area contributed by atoms with E-state index in [1.165, 1.54) is 30.2 Å². The number of methoxy groups -OCH3 is 1. The average Bonchev–Trinajstić information content (AvgIpc) is 2.70. The van der Waals surface area contributed by atoms with Crippen molar-refractivity contribution in [1.29, 1.82) is 0 Å². The number of non-ortho nitro benzene ring substituents is 1. The van der Waals surface area contributed by atoms with Crippen molar-refractivity contribution in [1.82, 2.24) is 4.90 Å². The van der Waals surface area contributed by atoms with E-state index in [0.717, 1.165) is 0 Å². The van der Waals surface area contributed by atoms with Gasteiger partial charge in [0.2, 0.25) is 0 Å². The van der Waals surface area contributed by atoms with Crippen molar-refractivity contribution in [2.45, 2.75) is 13.0 Å². The molecule has 27 heavy (non-hydrogen) atoms. The topological polar surface area (TPSA) is 99.0 Å². The van der Waals surface area contributed by atoms with Gasteiger partial charge in [-0.3, -0.25) is 14.9 Å². The zero-order chi connectivity index (χ0) is 20.0. The third-order valence-corrected chi connectivity index (χ3v) is 4.13. The van der Waals surface area contributed by atoms with Crippen LogP contribution in [0.4, 0.5) is 5.69 Å². The van der Waals surface area contributed by atoms with Gasteiger partial charge in [-0.25, -0.2) is 4.79 Å². The number of hydrogen-bond donors (Lipinski definition) is 0. The molecule has 1 amide bonds. The maximum absolute atomic E-state index is 12.8. The van der Waals surface area contributed by atoms with Crippen molar-refractivity contribution in [3.05, 3.63) is 69.8 Å². The Hall–Kier alpha value is -3.42. The summed E-state index contributed by atoms with van der Waals surface area (Å²) in [4.78, 5) is 35.9. The lowest BCUT2D eigenvalue weighted by Gasteiger charge is -2.25. The third-order valence-electron chi connectivity index (χ3n) is 4.13. The zero-order valence-electron chi connectivity index (χ0n) is 15.2. The number of esters is 1. The quantitative estimate of drug-likeness (QED) is 0.421. The lowest BCUT2D eigenvalue weighted by molar-refractivity contribution is -0.384. The molecule has 8 heteroatoms. The highest BCUT2D eigenvalue weighted by Gasteiger charge is 2.21. The van der Waals surface area contributed by atoms with E-state index in [-0.39, 0.29) is 24.2 Å². The Labute approximate surface area is 156 Å². The zero-order valence-corrected chi connectivity index (χ0v) is 15.2. The molecule has 0 heterocycles. The van der Waals surface area contributed by atoms with Gasteiger partial charge in [-0.2, -0.15) is 0 Å². The van der Waals surface area contributed by atoms with Crippen LogP contribution in [0.25, 0.3) is 0 Å². The molecule has 2 aromatic carbocycles. The molecule has 0 fully saturated rings. The van der Waals surface area contributed by atoms with Crippen LogP contribution in [0.2, 0.25) is 0 Å². The second-order valence-corrected chi connectivity index (χ2v) is 5.84. The Morgan fingerprint density at radius 3 is 2.56 bits per heavy atom. The summed E-state index contributed by atoms with van der Waals surface area (Å²) in [6.45, 7) is 1.53. The van der Waals surface area contributed by atoms with Crippen LogP contribution < -0.4 is 4.74 Å². The highest BCUT2D eigenvalue weighted by atomic mass is 16.6. The smallest absolute Gasteiger partial charge is 0.343 e. The number of nitro benzene ring substituents is 1. The summed E-state index contributed by atoms with van der Waals surface area (Å²) in [5.74, 6) is -0.441. The minimum Gasteiger partial charge on any atom is -0.482 e. The molecule has 142 valence electrons. The minimum absolute atomic E-state index is 0.0293. The molecule has 0 bridgehead atoms. The fraction of sp³-hybridized carbons (Fsp3) is 0.263. The fourth-order valence-corrected chi connectivity index (χ4v) is 2.42. The molecule has 1 unspecified atom stereocenters. The summed E-state index contributed by atoms with van der Waals surface area (Å²) in [7, 11) is 2.88. The van der Waals surface area contributed by atoms with Crippen LogP contribution in [0.3, 0.4) is 0 Å². The maximum atomic E-state index is 12.8. The van der Waals surface area contributed by atoms with Crippen LogP contribution in [-0.2, 0) is 9.53 Å². The highest BCUT2D eigenvalue weighted by molar-refractivity contribution is 5.94. The summed E-state index contributed by atoms with van der Waals surface area (Å²) in [5, 5.41) is 10.9. The first kappa shape index (κ1) is 19.9. The molecule has 0 saturated carbocycles. The first-order valence-corrected chi connectivity index (χ1v) is 8.14. The number of nitro groups is 1. The number of nitrogens with zero attached hydrogens (tertiary/aromatic N) is 2. The number of rotatable bonds is 7. The van der Waals surface area contributed by atoms with E-state index in [4.69, 9.17) is 4.74 Å². The standard InChI is InChI=1S/C19H20N2O6/c1-13(14-6-4-8-16(10-14)21(24)25)20(2)19(23)15-7-5-9-17(11-15)27-12-18(22)26-3/h4-11,13H,12H2,1-3H3. The van der Waals surface area contributed by atoms with E-state index in [2.05, 4.69) is 4.74 Å². The second-order valence-electron chi connectivity index (χ2n) is 5.84. The van der Waals surface area contributed by atoms with Gasteiger partial charge in [0.05, 0.1) is 18.1 Å². The molecule has 1 atom stereocenters. The molecule has 8 nitrogen and oxygen atoms in total. The van der Waals surface area contributed by atoms with Crippen LogP contribution in [-0.4, -0.2) is 42.5 Å². The van der Waals surface area contributed by atoms with Gasteiger partial charge in [0, 0.05) is 24.7 Å². The highest BCUT2D eigenvalue weighted by Crippen LogP contribution is 2.25. The molecule has 0 aliphatic heterocycles. The molecular formula is C19H20N2O6. The van der Waals surface area contributed by atoms with E-state index in [1.807, 2.05) is 0 Å². The Kier molecular flexibility index (Phi) is 6.48. The molecule has 0 spiro atoms. The monoisotopic (exact) mass is 372 g/mol. The SMILES string of the molecule is COC(=O)COc1cccc(C(=O)N(C)C(C)c2cccc([N+](=O)[O-])c2)c1. The first-order valence-electron chi connectivity index (χ1n) is 8.14. The summed E-state index contributed by atoms with van der Waals surface area (Å²) < 4.78 is 9.80. The predicted octanol–water partition coefficient (Wildman–Crippen LogP) is 2.98. The Balaban J connectivity index is 2.15. The number of benzene rings is 2. The van der Waals surface area contributed by atoms with Crippen molar-refractivity contribution in [2.75, 3.05) is 20.8 Å². The number of carbonyl (C=O) groups is 2. The van der Waals surface area contributed by atoms with Gasteiger partial charge in [-0.1, -0.05) is 18.2 Å². The van der Waals surface area contributed by atoms with Crippen molar-refractivity contribution in [3.63, 3.8) is 0 Å². The van der Waals surface area contributed by atoms with Gasteiger partial charge in [0.1, 0.15) is 5.75 Å². The number of hydrogen-bond acceptors (Lipinski definition) is 6. The molecule has 0 saturated heterocycles. The molecule has 0 radical (unpaired) electrons. The van der Waals surface area contributed by atoms with Crippen molar-refractivity contribution in [2.24, 2.45) is 0 Å². The van der Waals surface area contributed by atoms with Gasteiger partial charge in [-0.15, -0.1) is 0 Å². The van der Waals surface area contributed by atoms with Gasteiger partial charge in [0.15, 0.2) is 6.61 Å². The van der Waals surface area contributed by atoms with Gasteiger partial charge in [-0.05, 0) is 30.7 Å². The summed E-state index contributed by atoms with van der Waals surface area (Å²) in [6, 6.07) is 12.2.